The molecule has 0 N–H and O–H groups in total. The Morgan fingerprint density at radius 2 is 1.90 bits per heavy atom. The minimum atomic E-state index is 0.232. The van der Waals surface area contributed by atoms with Crippen LogP contribution in [0.15, 0.2) is 24.3 Å². The Morgan fingerprint density at radius 1 is 1.20 bits per heavy atom. The van der Waals surface area contributed by atoms with Crippen LogP contribution in [0.1, 0.15) is 19.4 Å². The fourth-order valence-corrected chi connectivity index (χ4v) is 3.05. The third-order valence-corrected chi connectivity index (χ3v) is 3.94. The molecule has 0 amide bonds. The molecule has 0 aliphatic carbocycles. The van der Waals surface area contributed by atoms with Crippen LogP contribution in [-0.4, -0.2) is 30.3 Å². The second-order valence-electron chi connectivity index (χ2n) is 5.62. The third-order valence-electron chi connectivity index (χ3n) is 3.71. The van der Waals surface area contributed by atoms with Crippen molar-refractivity contribution in [3.8, 4) is 0 Å². The Hall–Kier alpha value is -1.32. The van der Waals surface area contributed by atoms with E-state index in [4.69, 9.17) is 21.3 Å². The highest BCUT2D eigenvalue weighted by Crippen LogP contribution is 2.26. The predicted molar refractivity (Wildman–Crippen MR) is 83.7 cm³/mol. The van der Waals surface area contributed by atoms with Crippen LogP contribution in [0.4, 0.5) is 5.82 Å². The van der Waals surface area contributed by atoms with Crippen molar-refractivity contribution in [3.05, 3.63) is 34.9 Å². The molecule has 106 valence electrons. The average molecular weight is 291 g/mol. The van der Waals surface area contributed by atoms with Gasteiger partial charge in [0.05, 0.1) is 17.7 Å². The minimum Gasteiger partial charge on any atom is -0.372 e. The number of pyridine rings is 1. The molecule has 0 bridgehead atoms. The molecule has 3 nitrogen and oxygen atoms in total. The van der Waals surface area contributed by atoms with Gasteiger partial charge in [-0.2, -0.15) is 0 Å². The van der Waals surface area contributed by atoms with Crippen LogP contribution >= 0.6 is 11.6 Å². The number of nitrogens with zero attached hydrogens (tertiary/aromatic N) is 2. The fraction of sp³-hybridized carbons (Fsp3) is 0.438. The summed E-state index contributed by atoms with van der Waals surface area (Å²) >= 11 is 6.08. The molecule has 2 heterocycles. The molecule has 2 aromatic rings. The number of aromatic nitrogens is 1. The van der Waals surface area contributed by atoms with E-state index in [9.17, 15) is 0 Å². The number of anilines is 1. The highest BCUT2D eigenvalue weighted by atomic mass is 35.5. The number of hydrogen-bond donors (Lipinski definition) is 0. The molecule has 1 aromatic heterocycles. The Kier molecular flexibility index (Phi) is 3.57. The summed E-state index contributed by atoms with van der Waals surface area (Å²) < 4.78 is 5.78. The summed E-state index contributed by atoms with van der Waals surface area (Å²) in [5.41, 5.74) is 2.19. The predicted octanol–water partition coefficient (Wildman–Crippen LogP) is 3.81. The van der Waals surface area contributed by atoms with Crippen LogP contribution in [0.3, 0.4) is 0 Å². The topological polar surface area (TPSA) is 25.4 Å². The van der Waals surface area contributed by atoms with Gasteiger partial charge in [0.1, 0.15) is 5.82 Å². The van der Waals surface area contributed by atoms with Crippen LogP contribution in [0.5, 0.6) is 0 Å². The molecule has 1 aliphatic heterocycles. The van der Waals surface area contributed by atoms with E-state index >= 15 is 0 Å². The quantitative estimate of drug-likeness (QED) is 0.798. The third kappa shape index (κ3) is 2.60. The summed E-state index contributed by atoms with van der Waals surface area (Å²) in [4.78, 5) is 7.07. The first-order valence-electron chi connectivity index (χ1n) is 7.00. The zero-order valence-electron chi connectivity index (χ0n) is 12.1. The number of ether oxygens (including phenoxy) is 1. The first-order valence-corrected chi connectivity index (χ1v) is 7.38. The summed E-state index contributed by atoms with van der Waals surface area (Å²) in [6, 6.07) is 8.03. The fourth-order valence-electron chi connectivity index (χ4n) is 2.88. The summed E-state index contributed by atoms with van der Waals surface area (Å²) in [5, 5.41) is 1.89. The monoisotopic (exact) mass is 290 g/mol. The Bertz CT molecular complexity index is 634. The van der Waals surface area contributed by atoms with Crippen LogP contribution in [0.25, 0.3) is 10.9 Å². The van der Waals surface area contributed by atoms with Crippen molar-refractivity contribution < 1.29 is 4.74 Å². The van der Waals surface area contributed by atoms with E-state index in [1.807, 2.05) is 18.2 Å². The van der Waals surface area contributed by atoms with Gasteiger partial charge in [0, 0.05) is 23.5 Å². The van der Waals surface area contributed by atoms with Gasteiger partial charge in [-0.25, -0.2) is 4.98 Å². The largest absolute Gasteiger partial charge is 0.372 e. The SMILES string of the molecule is Cc1cc(N2C[C@H](C)O[C@@H](C)C2)nc2cc(Cl)ccc12. The average Bonchev–Trinajstić information content (AvgIpc) is 2.36. The first kappa shape index (κ1) is 13.7. The molecule has 0 spiro atoms. The van der Waals surface area contributed by atoms with E-state index in [0.717, 1.165) is 34.8 Å². The van der Waals surface area contributed by atoms with Gasteiger partial charge in [-0.15, -0.1) is 0 Å². The standard InChI is InChI=1S/C16H19ClN2O/c1-10-6-16(19-8-11(2)20-12(3)9-19)18-15-7-13(17)4-5-14(10)15/h4-7,11-12H,8-9H2,1-3H3/t11-,12-/m0/s1. The van der Waals surface area contributed by atoms with E-state index in [2.05, 4.69) is 31.7 Å². The molecule has 4 heteroatoms. The maximum atomic E-state index is 6.08. The number of halogens is 1. The second-order valence-corrected chi connectivity index (χ2v) is 6.06. The van der Waals surface area contributed by atoms with Crippen molar-refractivity contribution in [1.82, 2.24) is 4.98 Å². The van der Waals surface area contributed by atoms with Crippen LogP contribution < -0.4 is 4.90 Å². The molecular weight excluding hydrogens is 272 g/mol. The Morgan fingerprint density at radius 3 is 2.60 bits per heavy atom. The smallest absolute Gasteiger partial charge is 0.129 e. The van der Waals surface area contributed by atoms with E-state index in [-0.39, 0.29) is 12.2 Å². The number of benzene rings is 1. The lowest BCUT2D eigenvalue weighted by Gasteiger charge is -2.36. The summed E-state index contributed by atoms with van der Waals surface area (Å²) in [6.45, 7) is 8.08. The summed E-state index contributed by atoms with van der Waals surface area (Å²) in [5.74, 6) is 1.01. The maximum absolute atomic E-state index is 6.08. The Labute approximate surface area is 124 Å². The molecule has 0 saturated carbocycles. The molecule has 20 heavy (non-hydrogen) atoms. The molecule has 1 fully saturated rings. The number of morpholine rings is 1. The van der Waals surface area contributed by atoms with Crippen molar-refractivity contribution >= 4 is 28.3 Å². The van der Waals surface area contributed by atoms with Gasteiger partial charge >= 0.3 is 0 Å². The zero-order chi connectivity index (χ0) is 14.3. The lowest BCUT2D eigenvalue weighted by Crippen LogP contribution is -2.45. The number of rotatable bonds is 1. The maximum Gasteiger partial charge on any atom is 0.129 e. The first-order chi connectivity index (χ1) is 9.52. The van der Waals surface area contributed by atoms with Crippen molar-refractivity contribution in [3.63, 3.8) is 0 Å². The second kappa shape index (κ2) is 5.23. The molecule has 1 saturated heterocycles. The van der Waals surface area contributed by atoms with Crippen molar-refractivity contribution in [2.45, 2.75) is 33.0 Å². The highest BCUT2D eigenvalue weighted by Gasteiger charge is 2.23. The van der Waals surface area contributed by atoms with Crippen LogP contribution in [0.2, 0.25) is 5.02 Å². The minimum absolute atomic E-state index is 0.232. The van der Waals surface area contributed by atoms with Crippen molar-refractivity contribution in [1.29, 1.82) is 0 Å². The van der Waals surface area contributed by atoms with E-state index in [1.165, 1.54) is 5.56 Å². The van der Waals surface area contributed by atoms with E-state index in [0.29, 0.717) is 0 Å². The van der Waals surface area contributed by atoms with Gasteiger partial charge in [-0.1, -0.05) is 17.7 Å². The number of aryl methyl sites for hydroxylation is 1. The molecule has 3 rings (SSSR count). The Balaban J connectivity index is 2.03. The van der Waals surface area contributed by atoms with E-state index < -0.39 is 0 Å². The van der Waals surface area contributed by atoms with E-state index in [1.54, 1.807) is 0 Å². The molecule has 1 aliphatic rings. The van der Waals surface area contributed by atoms with Crippen molar-refractivity contribution in [2.24, 2.45) is 0 Å². The van der Waals surface area contributed by atoms with Gasteiger partial charge in [-0.05, 0) is 44.5 Å². The van der Waals surface area contributed by atoms with Crippen molar-refractivity contribution in [2.75, 3.05) is 18.0 Å². The normalized spacial score (nSPS) is 23.3. The molecule has 1 aromatic carbocycles. The molecule has 0 unspecified atom stereocenters. The van der Waals surface area contributed by atoms with Gasteiger partial charge in [0.25, 0.3) is 0 Å². The van der Waals surface area contributed by atoms with Gasteiger partial charge < -0.3 is 9.64 Å². The molecule has 2 atom stereocenters. The summed E-state index contributed by atoms with van der Waals surface area (Å²) in [6.07, 6.45) is 0.465. The van der Waals surface area contributed by atoms with Gasteiger partial charge in [0.2, 0.25) is 0 Å². The lowest BCUT2D eigenvalue weighted by molar-refractivity contribution is -0.00544. The van der Waals surface area contributed by atoms with Crippen LogP contribution in [-0.2, 0) is 4.74 Å². The van der Waals surface area contributed by atoms with Gasteiger partial charge in [-0.3, -0.25) is 0 Å². The zero-order valence-corrected chi connectivity index (χ0v) is 12.8. The molecule has 0 radical (unpaired) electrons. The highest BCUT2D eigenvalue weighted by molar-refractivity contribution is 6.31. The number of hydrogen-bond acceptors (Lipinski definition) is 3. The number of fused-ring (bicyclic) bond motifs is 1. The van der Waals surface area contributed by atoms with Gasteiger partial charge in [0.15, 0.2) is 0 Å². The van der Waals surface area contributed by atoms with Crippen LogP contribution in [0, 0.1) is 6.92 Å². The molecular formula is C16H19ClN2O. The lowest BCUT2D eigenvalue weighted by atomic mass is 10.1. The summed E-state index contributed by atoms with van der Waals surface area (Å²) in [7, 11) is 0.